The summed E-state index contributed by atoms with van der Waals surface area (Å²) < 4.78 is 127. The Labute approximate surface area is 329 Å². The van der Waals surface area contributed by atoms with Crippen molar-refractivity contribution in [2.75, 3.05) is 28.4 Å². The van der Waals surface area contributed by atoms with Crippen molar-refractivity contribution in [3.63, 3.8) is 0 Å². The fraction of sp³-hybridized carbons (Fsp3) is 0.0938. The summed E-state index contributed by atoms with van der Waals surface area (Å²) in [6, 6.07) is 14.4. The zero-order chi connectivity index (χ0) is 41.5. The number of Topliss-reactive ketones (excluding diaryl/α,β-unsaturated/α-hetero) is 1. The zero-order valence-corrected chi connectivity index (χ0v) is 32.7. The first kappa shape index (κ1) is 41.2. The number of sulfone groups is 1. The summed E-state index contributed by atoms with van der Waals surface area (Å²) in [5, 5.41) is 10.1. The number of hydrogen-bond acceptors (Lipinski definition) is 17. The van der Waals surface area contributed by atoms with Crippen LogP contribution in [0.2, 0.25) is 5.28 Å². The number of anilines is 5. The van der Waals surface area contributed by atoms with Crippen LogP contribution in [0.1, 0.15) is 21.5 Å². The number of rotatable bonds is 13. The fourth-order valence-corrected chi connectivity index (χ4v) is 8.40. The van der Waals surface area contributed by atoms with E-state index in [0.717, 1.165) is 12.1 Å². The Balaban J connectivity index is 1.27. The van der Waals surface area contributed by atoms with Gasteiger partial charge in [-0.15, -0.1) is 0 Å². The molecule has 1 heterocycles. The molecule has 57 heavy (non-hydrogen) atoms. The predicted octanol–water partition coefficient (Wildman–Crippen LogP) is 4.24. The lowest BCUT2D eigenvalue weighted by atomic mass is 9.93. The molecular weight excluding hydrogens is 854 g/mol. The molecule has 5 aromatic rings. The maximum absolute atomic E-state index is 13.9. The van der Waals surface area contributed by atoms with Crippen LogP contribution in [0.15, 0.2) is 92.6 Å². The molecule has 0 spiro atoms. The minimum absolute atomic E-state index is 0.0642. The normalized spacial score (nSPS) is 14.1. The third-order valence-corrected chi connectivity index (χ3v) is 12.2. The molecule has 0 saturated heterocycles. The highest BCUT2D eigenvalue weighted by atomic mass is 35.5. The summed E-state index contributed by atoms with van der Waals surface area (Å²) in [4.78, 5) is 25.0. The van der Waals surface area contributed by atoms with Crippen molar-refractivity contribution >= 4 is 109 Å². The fourth-order valence-electron chi connectivity index (χ4n) is 5.50. The van der Waals surface area contributed by atoms with Gasteiger partial charge in [0.1, 0.15) is 10.6 Å². The van der Waals surface area contributed by atoms with E-state index in [1.807, 2.05) is 0 Å². The van der Waals surface area contributed by atoms with Crippen LogP contribution in [0, 0.1) is 6.92 Å². The Hall–Kier alpha value is -5.44. The standard InChI is InChI=1S/C32H26ClN7O13S4/c1-17-22-3-2-4-27(56(47,48)49)23(22)10-12-24(17)39-40-25-11-5-18-15-21(55(44,45)46)16-26(28(18)29(25)41)35-32-37-30(33)36-31(38-32)34-19-6-8-20(9-7-19)54(42,43)14-13-53-57(50,51)52/h2-12,15-16,39H,13-14H2,1H3,(H,44,45,46)(H,47,48,49)(H,50,51,52)(H2,34,35,36,37,38)/b40-25-. The first-order valence-electron chi connectivity index (χ1n) is 15.7. The Morgan fingerprint density at radius 3 is 2.09 bits per heavy atom. The molecule has 0 amide bonds. The summed E-state index contributed by atoms with van der Waals surface area (Å²) in [5.74, 6) is -1.97. The van der Waals surface area contributed by atoms with Crippen molar-refractivity contribution in [2.45, 2.75) is 21.6 Å². The molecule has 1 aliphatic carbocycles. The van der Waals surface area contributed by atoms with Crippen molar-refractivity contribution < 1.29 is 56.3 Å². The molecule has 298 valence electrons. The van der Waals surface area contributed by atoms with Crippen LogP contribution in [0.5, 0.6) is 0 Å². The van der Waals surface area contributed by atoms with Crippen LogP contribution < -0.4 is 16.1 Å². The van der Waals surface area contributed by atoms with Crippen LogP contribution in [0.25, 0.3) is 16.8 Å². The molecule has 6 rings (SSSR count). The van der Waals surface area contributed by atoms with Crippen LogP contribution in [0.4, 0.5) is 29.0 Å². The number of fused-ring (bicyclic) bond motifs is 2. The van der Waals surface area contributed by atoms with Gasteiger partial charge in [-0.05, 0) is 89.6 Å². The molecule has 4 aromatic carbocycles. The molecular formula is C32H26ClN7O13S4. The number of aryl methyl sites for hydroxylation is 1. The third-order valence-electron chi connectivity index (χ3n) is 8.09. The number of nitrogens with zero attached hydrogens (tertiary/aromatic N) is 4. The largest absolute Gasteiger partial charge is 0.397 e. The van der Waals surface area contributed by atoms with Crippen molar-refractivity contribution in [2.24, 2.45) is 5.10 Å². The lowest BCUT2D eigenvalue weighted by molar-refractivity contribution is 0.106. The van der Waals surface area contributed by atoms with E-state index in [0.29, 0.717) is 16.6 Å². The third kappa shape index (κ3) is 9.58. The highest BCUT2D eigenvalue weighted by Crippen LogP contribution is 2.33. The van der Waals surface area contributed by atoms with Gasteiger partial charge in [-0.25, -0.2) is 12.6 Å². The Morgan fingerprint density at radius 1 is 0.754 bits per heavy atom. The Kier molecular flexibility index (Phi) is 11.2. The average molecular weight is 880 g/mol. The van der Waals surface area contributed by atoms with Gasteiger partial charge in [0.25, 0.3) is 20.2 Å². The van der Waals surface area contributed by atoms with E-state index < -0.39 is 63.5 Å². The summed E-state index contributed by atoms with van der Waals surface area (Å²) in [5.41, 5.74) is 3.57. The van der Waals surface area contributed by atoms with Crippen LogP contribution in [-0.2, 0) is 44.7 Å². The molecule has 1 aromatic heterocycles. The second-order valence-electron chi connectivity index (χ2n) is 11.8. The van der Waals surface area contributed by atoms with Crippen molar-refractivity contribution in [1.29, 1.82) is 0 Å². The Morgan fingerprint density at radius 2 is 1.44 bits per heavy atom. The first-order chi connectivity index (χ1) is 26.6. The van der Waals surface area contributed by atoms with Gasteiger partial charge in [-0.2, -0.15) is 45.3 Å². The zero-order valence-electron chi connectivity index (χ0n) is 28.6. The van der Waals surface area contributed by atoms with E-state index in [4.69, 9.17) is 16.2 Å². The summed E-state index contributed by atoms with van der Waals surface area (Å²) in [7, 11) is -18.2. The van der Waals surface area contributed by atoms with Crippen molar-refractivity contribution in [1.82, 2.24) is 15.0 Å². The van der Waals surface area contributed by atoms with E-state index in [2.05, 4.69) is 40.3 Å². The summed E-state index contributed by atoms with van der Waals surface area (Å²) in [6.07, 6.45) is 2.68. The van der Waals surface area contributed by atoms with Gasteiger partial charge >= 0.3 is 10.4 Å². The number of benzene rings is 4. The SMILES string of the molecule is Cc1c(N/N=C2/C=Cc3cc(S(=O)(=O)O)cc(Nc4nc(Cl)nc(Nc5ccc(S(=O)(=O)CCOS(=O)(=O)O)cc5)n4)c3C2=O)ccc2c(S(=O)(=O)O)cccc12. The molecule has 1 aliphatic rings. The quantitative estimate of drug-likeness (QED) is 0.0711. The monoisotopic (exact) mass is 879 g/mol. The number of hydrogen-bond donors (Lipinski definition) is 6. The van der Waals surface area contributed by atoms with Gasteiger partial charge in [0.15, 0.2) is 9.84 Å². The molecule has 20 nitrogen and oxygen atoms in total. The topological polar surface area (TPSA) is 311 Å². The number of carbonyl (C=O) groups excluding carboxylic acids is 1. The van der Waals surface area contributed by atoms with Gasteiger partial charge in [0, 0.05) is 11.1 Å². The van der Waals surface area contributed by atoms with Crippen LogP contribution in [-0.4, -0.2) is 86.1 Å². The maximum Gasteiger partial charge on any atom is 0.397 e. The van der Waals surface area contributed by atoms with Gasteiger partial charge < -0.3 is 10.6 Å². The number of nitrogens with one attached hydrogen (secondary N) is 3. The maximum atomic E-state index is 13.9. The molecule has 6 N–H and O–H groups in total. The number of aromatic nitrogens is 3. The highest BCUT2D eigenvalue weighted by molar-refractivity contribution is 7.91. The molecule has 0 bridgehead atoms. The van der Waals surface area contributed by atoms with Gasteiger partial charge in [-0.1, -0.05) is 24.3 Å². The van der Waals surface area contributed by atoms with E-state index >= 15 is 0 Å². The predicted molar refractivity (Wildman–Crippen MR) is 207 cm³/mol. The molecule has 0 unspecified atom stereocenters. The Bertz CT molecular complexity index is 3000. The second kappa shape index (κ2) is 15.5. The van der Waals surface area contributed by atoms with E-state index in [1.54, 1.807) is 13.0 Å². The van der Waals surface area contributed by atoms with Crippen LogP contribution in [0.3, 0.4) is 0 Å². The van der Waals surface area contributed by atoms with Gasteiger partial charge in [-0.3, -0.25) is 23.9 Å². The van der Waals surface area contributed by atoms with E-state index in [-0.39, 0.29) is 60.6 Å². The molecule has 0 radical (unpaired) electrons. The molecule has 0 aliphatic heterocycles. The minimum atomic E-state index is -4.83. The number of carbonyl (C=O) groups is 1. The lowest BCUT2D eigenvalue weighted by Gasteiger charge is -2.18. The second-order valence-corrected chi connectivity index (χ2v) is 18.2. The summed E-state index contributed by atoms with van der Waals surface area (Å²) >= 11 is 6.15. The van der Waals surface area contributed by atoms with Gasteiger partial charge in [0.2, 0.25) is 23.0 Å². The minimum Gasteiger partial charge on any atom is -0.324 e. The molecule has 0 fully saturated rings. The van der Waals surface area contributed by atoms with Crippen LogP contribution >= 0.6 is 11.6 Å². The van der Waals surface area contributed by atoms with E-state index in [1.165, 1.54) is 60.7 Å². The van der Waals surface area contributed by atoms with E-state index in [9.17, 15) is 47.6 Å². The van der Waals surface area contributed by atoms with Crippen molar-refractivity contribution in [3.8, 4) is 0 Å². The highest BCUT2D eigenvalue weighted by Gasteiger charge is 2.27. The molecule has 25 heteroatoms. The number of ketones is 1. The summed E-state index contributed by atoms with van der Waals surface area (Å²) in [6.45, 7) is 0.850. The first-order valence-corrected chi connectivity index (χ1v) is 22.0. The van der Waals surface area contributed by atoms with Crippen molar-refractivity contribution in [3.05, 3.63) is 94.8 Å². The van der Waals surface area contributed by atoms with Gasteiger partial charge in [0.05, 0.1) is 39.1 Å². The number of halogens is 1. The molecule has 0 atom stereocenters. The number of hydrazone groups is 1. The molecule has 0 saturated carbocycles. The smallest absolute Gasteiger partial charge is 0.324 e. The number of allylic oxidation sites excluding steroid dienone is 1. The average Bonchev–Trinajstić information content (AvgIpc) is 3.10. The lowest BCUT2D eigenvalue weighted by Crippen LogP contribution is -2.21.